The first-order valence-corrected chi connectivity index (χ1v) is 9.48. The van der Waals surface area contributed by atoms with Crippen molar-refractivity contribution in [3.05, 3.63) is 35.9 Å². The number of nitrogens with one attached hydrogen (secondary N) is 1. The van der Waals surface area contributed by atoms with Crippen LogP contribution in [0.2, 0.25) is 0 Å². The van der Waals surface area contributed by atoms with Crippen LogP contribution in [0.15, 0.2) is 30.3 Å². The minimum absolute atomic E-state index is 0.184. The molecule has 1 aliphatic carbocycles. The van der Waals surface area contributed by atoms with E-state index >= 15 is 0 Å². The van der Waals surface area contributed by atoms with Crippen molar-refractivity contribution >= 4 is 11.8 Å². The standard InChI is InChI=1S/C18H29NOS/c1-2-3-7-13-21-14-12-18(15-20,19-17-10-11-17)16-8-5-4-6-9-16/h4-6,8-9,17,19-20H,2-3,7,10-15H2,1H3. The molecule has 118 valence electrons. The Balaban J connectivity index is 1.91. The summed E-state index contributed by atoms with van der Waals surface area (Å²) in [5.74, 6) is 2.35. The third kappa shape index (κ3) is 5.32. The molecular formula is C18H29NOS. The molecular weight excluding hydrogens is 278 g/mol. The summed E-state index contributed by atoms with van der Waals surface area (Å²) in [6.07, 6.45) is 7.43. The van der Waals surface area contributed by atoms with Crippen LogP contribution in [0.4, 0.5) is 0 Å². The molecule has 2 rings (SSSR count). The highest BCUT2D eigenvalue weighted by Crippen LogP contribution is 2.32. The molecule has 21 heavy (non-hydrogen) atoms. The number of hydrogen-bond donors (Lipinski definition) is 2. The van der Waals surface area contributed by atoms with Crippen LogP contribution in [0.1, 0.15) is 51.0 Å². The molecule has 0 bridgehead atoms. The lowest BCUT2D eigenvalue weighted by atomic mass is 9.87. The minimum atomic E-state index is -0.250. The summed E-state index contributed by atoms with van der Waals surface area (Å²) < 4.78 is 0. The zero-order chi connectivity index (χ0) is 15.0. The highest BCUT2D eigenvalue weighted by atomic mass is 32.2. The third-order valence-electron chi connectivity index (χ3n) is 4.22. The maximum absolute atomic E-state index is 10.1. The number of unbranched alkanes of at least 4 members (excludes halogenated alkanes) is 2. The van der Waals surface area contributed by atoms with E-state index in [4.69, 9.17) is 0 Å². The molecule has 1 saturated carbocycles. The van der Waals surface area contributed by atoms with Crippen LogP contribution in [0.3, 0.4) is 0 Å². The topological polar surface area (TPSA) is 32.3 Å². The van der Waals surface area contributed by atoms with Crippen LogP contribution in [0, 0.1) is 0 Å². The van der Waals surface area contributed by atoms with Gasteiger partial charge in [0.05, 0.1) is 12.1 Å². The molecule has 1 unspecified atom stereocenters. The van der Waals surface area contributed by atoms with Gasteiger partial charge in [0, 0.05) is 6.04 Å². The van der Waals surface area contributed by atoms with Crippen LogP contribution >= 0.6 is 11.8 Å². The Morgan fingerprint density at radius 3 is 2.57 bits per heavy atom. The molecule has 0 heterocycles. The van der Waals surface area contributed by atoms with Crippen molar-refractivity contribution in [2.75, 3.05) is 18.1 Å². The lowest BCUT2D eigenvalue weighted by Gasteiger charge is -2.34. The van der Waals surface area contributed by atoms with Gasteiger partial charge in [-0.3, -0.25) is 0 Å². The van der Waals surface area contributed by atoms with Crippen molar-refractivity contribution in [1.82, 2.24) is 5.32 Å². The summed E-state index contributed by atoms with van der Waals surface area (Å²) >= 11 is 2.03. The van der Waals surface area contributed by atoms with Gasteiger partial charge < -0.3 is 10.4 Å². The molecule has 1 aromatic carbocycles. The van der Waals surface area contributed by atoms with Crippen molar-refractivity contribution in [2.45, 2.75) is 57.0 Å². The van der Waals surface area contributed by atoms with Crippen LogP contribution in [-0.2, 0) is 5.54 Å². The monoisotopic (exact) mass is 307 g/mol. The molecule has 1 fully saturated rings. The smallest absolute Gasteiger partial charge is 0.0679 e. The Hall–Kier alpha value is -0.510. The number of rotatable bonds is 11. The lowest BCUT2D eigenvalue weighted by Crippen LogP contribution is -2.47. The van der Waals surface area contributed by atoms with E-state index in [9.17, 15) is 5.11 Å². The molecule has 1 aliphatic rings. The molecule has 3 heteroatoms. The summed E-state index contributed by atoms with van der Waals surface area (Å²) in [5.41, 5.74) is 0.980. The molecule has 0 aromatic heterocycles. The van der Waals surface area contributed by atoms with Gasteiger partial charge in [-0.05, 0) is 42.8 Å². The molecule has 0 amide bonds. The first-order valence-electron chi connectivity index (χ1n) is 8.32. The predicted octanol–water partition coefficient (Wildman–Crippen LogP) is 3.94. The summed E-state index contributed by atoms with van der Waals surface area (Å²) in [5, 5.41) is 13.8. The Bertz CT molecular complexity index is 393. The van der Waals surface area contributed by atoms with Crippen LogP contribution < -0.4 is 5.32 Å². The van der Waals surface area contributed by atoms with Gasteiger partial charge in [-0.2, -0.15) is 11.8 Å². The predicted molar refractivity (Wildman–Crippen MR) is 92.8 cm³/mol. The second kappa shape index (κ2) is 8.82. The van der Waals surface area contributed by atoms with E-state index in [1.165, 1.54) is 43.4 Å². The van der Waals surface area contributed by atoms with Gasteiger partial charge in [0.15, 0.2) is 0 Å². The summed E-state index contributed by atoms with van der Waals surface area (Å²) in [6, 6.07) is 11.1. The fraction of sp³-hybridized carbons (Fsp3) is 0.667. The number of benzene rings is 1. The Kier molecular flexibility index (Phi) is 7.08. The van der Waals surface area contributed by atoms with E-state index in [0.29, 0.717) is 6.04 Å². The molecule has 2 N–H and O–H groups in total. The van der Waals surface area contributed by atoms with Crippen LogP contribution in [0.25, 0.3) is 0 Å². The van der Waals surface area contributed by atoms with Gasteiger partial charge in [-0.15, -0.1) is 0 Å². The Morgan fingerprint density at radius 2 is 1.95 bits per heavy atom. The molecule has 1 atom stereocenters. The van der Waals surface area contributed by atoms with E-state index in [1.807, 2.05) is 17.8 Å². The molecule has 0 spiro atoms. The van der Waals surface area contributed by atoms with Gasteiger partial charge in [0.25, 0.3) is 0 Å². The first kappa shape index (κ1) is 16.9. The van der Waals surface area contributed by atoms with E-state index in [0.717, 1.165) is 12.2 Å². The molecule has 0 aliphatic heterocycles. The van der Waals surface area contributed by atoms with E-state index in [2.05, 4.69) is 36.5 Å². The third-order valence-corrected chi connectivity index (χ3v) is 5.29. The summed E-state index contributed by atoms with van der Waals surface area (Å²) in [7, 11) is 0. The fourth-order valence-electron chi connectivity index (χ4n) is 2.69. The first-order chi connectivity index (χ1) is 10.3. The molecule has 2 nitrogen and oxygen atoms in total. The summed E-state index contributed by atoms with van der Waals surface area (Å²) in [6.45, 7) is 2.43. The largest absolute Gasteiger partial charge is 0.394 e. The van der Waals surface area contributed by atoms with Crippen molar-refractivity contribution in [3.8, 4) is 0 Å². The number of aliphatic hydroxyl groups excluding tert-OH is 1. The van der Waals surface area contributed by atoms with Gasteiger partial charge in [-0.1, -0.05) is 50.1 Å². The zero-order valence-corrected chi connectivity index (χ0v) is 14.0. The lowest BCUT2D eigenvalue weighted by molar-refractivity contribution is 0.154. The Labute approximate surface area is 133 Å². The minimum Gasteiger partial charge on any atom is -0.394 e. The molecule has 1 aromatic rings. The van der Waals surface area contributed by atoms with Crippen molar-refractivity contribution < 1.29 is 5.11 Å². The van der Waals surface area contributed by atoms with Gasteiger partial charge in [-0.25, -0.2) is 0 Å². The van der Waals surface area contributed by atoms with Crippen molar-refractivity contribution in [1.29, 1.82) is 0 Å². The highest BCUT2D eigenvalue weighted by Gasteiger charge is 2.36. The van der Waals surface area contributed by atoms with E-state index in [-0.39, 0.29) is 12.1 Å². The van der Waals surface area contributed by atoms with Crippen molar-refractivity contribution in [3.63, 3.8) is 0 Å². The highest BCUT2D eigenvalue weighted by molar-refractivity contribution is 7.99. The van der Waals surface area contributed by atoms with Gasteiger partial charge in [0.2, 0.25) is 0 Å². The number of thioether (sulfide) groups is 1. The van der Waals surface area contributed by atoms with E-state index < -0.39 is 0 Å². The second-order valence-corrected chi connectivity index (χ2v) is 7.32. The maximum Gasteiger partial charge on any atom is 0.0679 e. The van der Waals surface area contributed by atoms with Crippen LogP contribution in [-0.4, -0.2) is 29.3 Å². The average molecular weight is 308 g/mol. The quantitative estimate of drug-likeness (QED) is 0.607. The maximum atomic E-state index is 10.1. The summed E-state index contributed by atoms with van der Waals surface area (Å²) in [4.78, 5) is 0. The number of hydrogen-bond acceptors (Lipinski definition) is 3. The second-order valence-electron chi connectivity index (χ2n) is 6.09. The van der Waals surface area contributed by atoms with Gasteiger partial charge >= 0.3 is 0 Å². The number of aliphatic hydroxyl groups is 1. The Morgan fingerprint density at radius 1 is 1.19 bits per heavy atom. The van der Waals surface area contributed by atoms with Crippen molar-refractivity contribution in [2.24, 2.45) is 0 Å². The normalized spacial score (nSPS) is 17.6. The van der Waals surface area contributed by atoms with E-state index in [1.54, 1.807) is 0 Å². The molecule has 0 saturated heterocycles. The fourth-order valence-corrected chi connectivity index (χ4v) is 3.80. The van der Waals surface area contributed by atoms with Gasteiger partial charge in [0.1, 0.15) is 0 Å². The zero-order valence-electron chi connectivity index (χ0n) is 13.2. The average Bonchev–Trinajstić information content (AvgIpc) is 3.34. The molecule has 0 radical (unpaired) electrons. The SMILES string of the molecule is CCCCCSCCC(CO)(NC1CC1)c1ccccc1. The van der Waals surface area contributed by atoms with Crippen LogP contribution in [0.5, 0.6) is 0 Å².